The molecular formula is C14H17N3O2S. The number of likely N-dealkylation sites (tertiary alicyclic amines) is 1. The molecule has 106 valence electrons. The van der Waals surface area contributed by atoms with Crippen LogP contribution >= 0.6 is 11.3 Å². The summed E-state index contributed by atoms with van der Waals surface area (Å²) in [7, 11) is 1.92. The second-order valence-electron chi connectivity index (χ2n) is 4.86. The average Bonchev–Trinajstić information content (AvgIpc) is 3.19. The van der Waals surface area contributed by atoms with Gasteiger partial charge in [0.15, 0.2) is 10.8 Å². The largest absolute Gasteiger partial charge is 0.462 e. The van der Waals surface area contributed by atoms with Crippen molar-refractivity contribution >= 4 is 17.2 Å². The first-order valence-corrected chi connectivity index (χ1v) is 7.56. The van der Waals surface area contributed by atoms with E-state index in [0.29, 0.717) is 16.7 Å². The van der Waals surface area contributed by atoms with Crippen molar-refractivity contribution in [3.63, 3.8) is 0 Å². The Balaban J connectivity index is 1.77. The molecule has 5 nitrogen and oxygen atoms in total. The number of nitrogens with one attached hydrogen (secondary N) is 1. The van der Waals surface area contributed by atoms with E-state index < -0.39 is 0 Å². The van der Waals surface area contributed by atoms with Crippen molar-refractivity contribution in [3.05, 3.63) is 29.5 Å². The first-order valence-electron chi connectivity index (χ1n) is 6.75. The molecule has 1 aliphatic rings. The molecule has 3 rings (SSSR count). The first kappa shape index (κ1) is 13.3. The smallest absolute Gasteiger partial charge is 0.265 e. The predicted molar refractivity (Wildman–Crippen MR) is 77.8 cm³/mol. The molecule has 2 aromatic heterocycles. The van der Waals surface area contributed by atoms with E-state index in [9.17, 15) is 4.79 Å². The zero-order valence-corrected chi connectivity index (χ0v) is 12.2. The standard InChI is InChI=1S/C14H17N3O2S/c1-15-8-10-4-2-6-17(10)14(18)12-9-16-13(20-12)11-5-3-7-19-11/h3,5,7,9-10,15H,2,4,6,8H2,1H3. The third kappa shape index (κ3) is 2.48. The number of rotatable bonds is 4. The molecule has 2 aromatic rings. The van der Waals surface area contributed by atoms with Crippen LogP contribution in [0, 0.1) is 0 Å². The minimum absolute atomic E-state index is 0.0815. The van der Waals surface area contributed by atoms with Crippen molar-refractivity contribution in [2.45, 2.75) is 18.9 Å². The number of likely N-dealkylation sites (N-methyl/N-ethyl adjacent to an activating group) is 1. The molecular weight excluding hydrogens is 274 g/mol. The van der Waals surface area contributed by atoms with E-state index in [2.05, 4.69) is 10.3 Å². The number of thiazole rings is 1. The maximum atomic E-state index is 12.6. The number of aromatic nitrogens is 1. The van der Waals surface area contributed by atoms with Crippen LogP contribution in [-0.2, 0) is 0 Å². The van der Waals surface area contributed by atoms with Gasteiger partial charge in [-0.2, -0.15) is 0 Å². The van der Waals surface area contributed by atoms with Crippen LogP contribution in [0.1, 0.15) is 22.5 Å². The van der Waals surface area contributed by atoms with Crippen LogP contribution in [0.4, 0.5) is 0 Å². The van der Waals surface area contributed by atoms with Crippen LogP contribution in [0.2, 0.25) is 0 Å². The maximum Gasteiger partial charge on any atom is 0.265 e. The maximum absolute atomic E-state index is 12.6. The highest BCUT2D eigenvalue weighted by Gasteiger charge is 2.30. The summed E-state index contributed by atoms with van der Waals surface area (Å²) in [5, 5.41) is 3.90. The molecule has 0 radical (unpaired) electrons. The van der Waals surface area contributed by atoms with E-state index in [4.69, 9.17) is 4.42 Å². The normalized spacial score (nSPS) is 18.6. The van der Waals surface area contributed by atoms with Crippen LogP contribution in [0.3, 0.4) is 0 Å². The molecule has 1 N–H and O–H groups in total. The molecule has 1 aliphatic heterocycles. The van der Waals surface area contributed by atoms with Gasteiger partial charge in [0.25, 0.3) is 5.91 Å². The monoisotopic (exact) mass is 291 g/mol. The Kier molecular flexibility index (Phi) is 3.84. The molecule has 20 heavy (non-hydrogen) atoms. The fourth-order valence-corrected chi connectivity index (χ4v) is 3.42. The zero-order valence-electron chi connectivity index (χ0n) is 11.3. The van der Waals surface area contributed by atoms with E-state index in [-0.39, 0.29) is 5.91 Å². The molecule has 1 fully saturated rings. The molecule has 1 unspecified atom stereocenters. The Hall–Kier alpha value is -1.66. The quantitative estimate of drug-likeness (QED) is 0.938. The number of carbonyl (C=O) groups excluding carboxylic acids is 1. The van der Waals surface area contributed by atoms with Crippen LogP contribution in [0.15, 0.2) is 29.0 Å². The third-order valence-electron chi connectivity index (χ3n) is 3.53. The van der Waals surface area contributed by atoms with E-state index in [1.807, 2.05) is 24.1 Å². The van der Waals surface area contributed by atoms with Gasteiger partial charge in [0.2, 0.25) is 0 Å². The SMILES string of the molecule is CNCC1CCCN1C(=O)c1cnc(-c2ccco2)s1. The average molecular weight is 291 g/mol. The summed E-state index contributed by atoms with van der Waals surface area (Å²) in [5.74, 6) is 0.792. The van der Waals surface area contributed by atoms with Gasteiger partial charge in [0.05, 0.1) is 12.5 Å². The van der Waals surface area contributed by atoms with Gasteiger partial charge >= 0.3 is 0 Å². The van der Waals surface area contributed by atoms with Gasteiger partial charge in [-0.1, -0.05) is 0 Å². The van der Waals surface area contributed by atoms with Crippen LogP contribution in [0.25, 0.3) is 10.8 Å². The third-order valence-corrected chi connectivity index (χ3v) is 4.53. The lowest BCUT2D eigenvalue weighted by Crippen LogP contribution is -2.40. The fourth-order valence-electron chi connectivity index (χ4n) is 2.58. The Morgan fingerprint density at radius 1 is 1.65 bits per heavy atom. The number of hydrogen-bond acceptors (Lipinski definition) is 5. The second kappa shape index (κ2) is 5.76. The summed E-state index contributed by atoms with van der Waals surface area (Å²) in [6.45, 7) is 1.68. The summed E-state index contributed by atoms with van der Waals surface area (Å²) in [6, 6.07) is 3.97. The lowest BCUT2D eigenvalue weighted by Gasteiger charge is -2.23. The van der Waals surface area contributed by atoms with Crippen molar-refractivity contribution in [1.29, 1.82) is 0 Å². The first-order chi connectivity index (χ1) is 9.79. The number of amides is 1. The van der Waals surface area contributed by atoms with Gasteiger partial charge in [-0.3, -0.25) is 4.79 Å². The highest BCUT2D eigenvalue weighted by Crippen LogP contribution is 2.28. The zero-order chi connectivity index (χ0) is 13.9. The Bertz CT molecular complexity index is 579. The minimum atomic E-state index is 0.0815. The van der Waals surface area contributed by atoms with Gasteiger partial charge in [-0.05, 0) is 32.0 Å². The minimum Gasteiger partial charge on any atom is -0.462 e. The molecule has 0 bridgehead atoms. The van der Waals surface area contributed by atoms with Crippen molar-refractivity contribution in [2.24, 2.45) is 0 Å². The Morgan fingerprint density at radius 3 is 3.30 bits per heavy atom. The van der Waals surface area contributed by atoms with E-state index in [1.54, 1.807) is 12.5 Å². The van der Waals surface area contributed by atoms with Gasteiger partial charge in [-0.25, -0.2) is 4.98 Å². The molecule has 1 atom stereocenters. The van der Waals surface area contributed by atoms with E-state index >= 15 is 0 Å². The van der Waals surface area contributed by atoms with Crippen molar-refractivity contribution in [1.82, 2.24) is 15.2 Å². The van der Waals surface area contributed by atoms with Gasteiger partial charge < -0.3 is 14.6 Å². The molecule has 6 heteroatoms. The molecule has 0 saturated carbocycles. The summed E-state index contributed by atoms with van der Waals surface area (Å²) in [6.07, 6.45) is 5.40. The van der Waals surface area contributed by atoms with Crippen molar-refractivity contribution in [2.75, 3.05) is 20.1 Å². The van der Waals surface area contributed by atoms with E-state index in [1.165, 1.54) is 11.3 Å². The highest BCUT2D eigenvalue weighted by molar-refractivity contribution is 7.16. The number of nitrogens with zero attached hydrogens (tertiary/aromatic N) is 2. The topological polar surface area (TPSA) is 58.4 Å². The lowest BCUT2D eigenvalue weighted by atomic mass is 10.2. The molecule has 1 saturated heterocycles. The number of hydrogen-bond donors (Lipinski definition) is 1. The lowest BCUT2D eigenvalue weighted by molar-refractivity contribution is 0.0741. The van der Waals surface area contributed by atoms with Crippen LogP contribution in [0.5, 0.6) is 0 Å². The second-order valence-corrected chi connectivity index (χ2v) is 5.89. The van der Waals surface area contributed by atoms with Crippen LogP contribution in [-0.4, -0.2) is 42.0 Å². The Labute approximate surface area is 121 Å². The molecule has 0 aliphatic carbocycles. The molecule has 0 spiro atoms. The molecule has 1 amide bonds. The van der Waals surface area contributed by atoms with E-state index in [0.717, 1.165) is 30.9 Å². The van der Waals surface area contributed by atoms with Crippen molar-refractivity contribution < 1.29 is 9.21 Å². The highest BCUT2D eigenvalue weighted by atomic mass is 32.1. The molecule has 3 heterocycles. The van der Waals surface area contributed by atoms with Crippen LogP contribution < -0.4 is 5.32 Å². The summed E-state index contributed by atoms with van der Waals surface area (Å²) < 4.78 is 5.31. The number of furan rings is 1. The summed E-state index contributed by atoms with van der Waals surface area (Å²) in [4.78, 5) is 19.5. The number of carbonyl (C=O) groups is 1. The van der Waals surface area contributed by atoms with Gasteiger partial charge in [0.1, 0.15) is 4.88 Å². The predicted octanol–water partition coefficient (Wildman–Crippen LogP) is 2.23. The Morgan fingerprint density at radius 2 is 2.55 bits per heavy atom. The van der Waals surface area contributed by atoms with Crippen molar-refractivity contribution in [3.8, 4) is 10.8 Å². The van der Waals surface area contributed by atoms with Gasteiger partial charge in [-0.15, -0.1) is 11.3 Å². The van der Waals surface area contributed by atoms with Gasteiger partial charge in [0, 0.05) is 19.1 Å². The fraction of sp³-hybridized carbons (Fsp3) is 0.429. The summed E-state index contributed by atoms with van der Waals surface area (Å²) >= 11 is 1.39. The molecule has 0 aromatic carbocycles. The summed E-state index contributed by atoms with van der Waals surface area (Å²) in [5.41, 5.74) is 0.